The average Bonchev–Trinajstić information content (AvgIpc) is 2.86. The SMILES string of the molecule is CC/C=C\C/C=C\C/C=C\C/C=C\C/C=C\C/C=C\CCCC(O)N1CCN(C(=O)OC(C)(C)C)CC1. The smallest absolute Gasteiger partial charge is 0.410 e. The van der Waals surface area contributed by atoms with E-state index in [4.69, 9.17) is 4.74 Å². The van der Waals surface area contributed by atoms with Crippen LogP contribution in [0.15, 0.2) is 72.9 Å². The fraction of sp³-hybridized carbons (Fsp3) is 0.594. The second-order valence-corrected chi connectivity index (χ2v) is 10.3. The summed E-state index contributed by atoms with van der Waals surface area (Å²) in [7, 11) is 0. The van der Waals surface area contributed by atoms with Gasteiger partial charge in [-0.05, 0) is 78.6 Å². The van der Waals surface area contributed by atoms with Crippen molar-refractivity contribution >= 4 is 6.09 Å². The van der Waals surface area contributed by atoms with Crippen LogP contribution in [0.5, 0.6) is 0 Å². The summed E-state index contributed by atoms with van der Waals surface area (Å²) >= 11 is 0. The van der Waals surface area contributed by atoms with E-state index in [1.165, 1.54) is 0 Å². The van der Waals surface area contributed by atoms with Crippen LogP contribution >= 0.6 is 0 Å². The van der Waals surface area contributed by atoms with Crippen LogP contribution in [-0.2, 0) is 4.74 Å². The predicted octanol–water partition coefficient (Wildman–Crippen LogP) is 7.73. The highest BCUT2D eigenvalue weighted by atomic mass is 16.6. The van der Waals surface area contributed by atoms with Gasteiger partial charge in [-0.3, -0.25) is 4.90 Å². The van der Waals surface area contributed by atoms with Gasteiger partial charge in [-0.15, -0.1) is 0 Å². The fourth-order valence-corrected chi connectivity index (χ4v) is 3.77. The van der Waals surface area contributed by atoms with E-state index in [1.54, 1.807) is 4.90 Å². The summed E-state index contributed by atoms with van der Waals surface area (Å²) in [6, 6.07) is 0. The number of hydrogen-bond acceptors (Lipinski definition) is 4. The number of ether oxygens (including phenoxy) is 1. The van der Waals surface area contributed by atoms with E-state index < -0.39 is 11.8 Å². The largest absolute Gasteiger partial charge is 0.444 e. The molecule has 0 radical (unpaired) electrons. The molecule has 0 bridgehead atoms. The van der Waals surface area contributed by atoms with Gasteiger partial charge in [0.25, 0.3) is 0 Å². The Morgan fingerprint density at radius 1 is 0.757 bits per heavy atom. The molecule has 5 heteroatoms. The number of piperazine rings is 1. The van der Waals surface area contributed by atoms with Gasteiger partial charge in [0, 0.05) is 26.2 Å². The van der Waals surface area contributed by atoms with Crippen LogP contribution in [0.4, 0.5) is 4.79 Å². The molecule has 1 aliphatic heterocycles. The number of amides is 1. The van der Waals surface area contributed by atoms with Crippen molar-refractivity contribution in [3.63, 3.8) is 0 Å². The monoisotopic (exact) mass is 512 g/mol. The first-order valence-corrected chi connectivity index (χ1v) is 14.1. The van der Waals surface area contributed by atoms with Crippen LogP contribution in [0.3, 0.4) is 0 Å². The Labute approximate surface area is 226 Å². The number of aliphatic hydroxyl groups is 1. The standard InChI is InChI=1S/C32H52N2O3/c1-5-6-7-8-9-10-11-12-13-14-15-16-17-18-19-20-21-22-23-24-25-30(35)33-26-28-34(29-27-33)31(36)37-32(2,3)4/h6-7,9-10,12-13,15-16,18-19,21-22,30,35H,5,8,11,14,17,20,23-29H2,1-4H3/b7-6-,10-9-,13-12-,16-15-,19-18-,22-21-. The van der Waals surface area contributed by atoms with Gasteiger partial charge in [-0.25, -0.2) is 4.79 Å². The molecule has 0 aromatic rings. The number of aliphatic hydroxyl groups excluding tert-OH is 1. The van der Waals surface area contributed by atoms with Crippen LogP contribution in [0.2, 0.25) is 0 Å². The van der Waals surface area contributed by atoms with Crippen molar-refractivity contribution in [1.82, 2.24) is 9.80 Å². The van der Waals surface area contributed by atoms with E-state index in [0.29, 0.717) is 26.2 Å². The van der Waals surface area contributed by atoms with Crippen molar-refractivity contribution in [2.45, 2.75) is 97.3 Å². The lowest BCUT2D eigenvalue weighted by Crippen LogP contribution is -2.52. The molecule has 1 rings (SSSR count). The number of carbonyl (C=O) groups is 1. The topological polar surface area (TPSA) is 53.0 Å². The Morgan fingerprint density at radius 3 is 1.62 bits per heavy atom. The molecule has 208 valence electrons. The van der Waals surface area contributed by atoms with E-state index in [0.717, 1.165) is 57.8 Å². The van der Waals surface area contributed by atoms with Crippen LogP contribution in [-0.4, -0.2) is 59.0 Å². The van der Waals surface area contributed by atoms with Crippen LogP contribution in [0.1, 0.15) is 85.5 Å². The van der Waals surface area contributed by atoms with Crippen LogP contribution in [0, 0.1) is 0 Å². The normalized spacial score (nSPS) is 17.1. The quantitative estimate of drug-likeness (QED) is 0.170. The van der Waals surface area contributed by atoms with Crippen molar-refractivity contribution in [1.29, 1.82) is 0 Å². The van der Waals surface area contributed by atoms with Crippen LogP contribution < -0.4 is 0 Å². The van der Waals surface area contributed by atoms with Crippen molar-refractivity contribution < 1.29 is 14.6 Å². The van der Waals surface area contributed by atoms with Gasteiger partial charge < -0.3 is 14.7 Å². The second-order valence-electron chi connectivity index (χ2n) is 10.3. The molecule has 1 saturated heterocycles. The number of hydrogen-bond donors (Lipinski definition) is 1. The number of rotatable bonds is 16. The minimum absolute atomic E-state index is 0.265. The van der Waals surface area contributed by atoms with Gasteiger partial charge in [0.1, 0.15) is 11.8 Å². The molecule has 0 aromatic heterocycles. The molecular weight excluding hydrogens is 460 g/mol. The molecule has 1 unspecified atom stereocenters. The predicted molar refractivity (Wildman–Crippen MR) is 157 cm³/mol. The minimum atomic E-state index is -0.477. The molecule has 0 saturated carbocycles. The molecule has 0 aromatic carbocycles. The molecule has 5 nitrogen and oxygen atoms in total. The first-order valence-electron chi connectivity index (χ1n) is 14.1. The van der Waals surface area contributed by atoms with Crippen LogP contribution in [0.25, 0.3) is 0 Å². The fourth-order valence-electron chi connectivity index (χ4n) is 3.77. The Kier molecular flexibility index (Phi) is 18.2. The number of nitrogens with zero attached hydrogens (tertiary/aromatic N) is 2. The third-order valence-corrected chi connectivity index (χ3v) is 5.82. The second kappa shape index (κ2) is 20.7. The van der Waals surface area contributed by atoms with Gasteiger partial charge in [-0.2, -0.15) is 0 Å². The summed E-state index contributed by atoms with van der Waals surface area (Å²) in [6.45, 7) is 10.3. The molecule has 1 aliphatic rings. The van der Waals surface area contributed by atoms with E-state index in [-0.39, 0.29) is 6.09 Å². The summed E-state index contributed by atoms with van der Waals surface area (Å²) in [6.07, 6.45) is 34.5. The maximum Gasteiger partial charge on any atom is 0.410 e. The lowest BCUT2D eigenvalue weighted by atomic mass is 10.1. The zero-order valence-electron chi connectivity index (χ0n) is 23.9. The molecule has 37 heavy (non-hydrogen) atoms. The number of allylic oxidation sites excluding steroid dienone is 12. The number of carbonyl (C=O) groups excluding carboxylic acids is 1. The molecule has 1 heterocycles. The number of unbranched alkanes of at least 4 members (excludes halogenated alkanes) is 1. The Morgan fingerprint density at radius 2 is 1.19 bits per heavy atom. The first-order chi connectivity index (χ1) is 17.8. The van der Waals surface area contributed by atoms with E-state index in [9.17, 15) is 9.90 Å². The lowest BCUT2D eigenvalue weighted by Gasteiger charge is -2.37. The maximum atomic E-state index is 12.2. The zero-order chi connectivity index (χ0) is 27.2. The average molecular weight is 513 g/mol. The van der Waals surface area contributed by atoms with Gasteiger partial charge in [0.15, 0.2) is 0 Å². The molecule has 0 spiro atoms. The Hall–Kier alpha value is -2.37. The molecule has 1 fully saturated rings. The molecular formula is C32H52N2O3. The van der Waals surface area contributed by atoms with Crippen molar-refractivity contribution in [2.75, 3.05) is 26.2 Å². The minimum Gasteiger partial charge on any atom is -0.444 e. The summed E-state index contributed by atoms with van der Waals surface area (Å²) in [5.41, 5.74) is -0.477. The molecule has 1 amide bonds. The van der Waals surface area contributed by atoms with Crippen molar-refractivity contribution in [3.8, 4) is 0 Å². The highest BCUT2D eigenvalue weighted by molar-refractivity contribution is 5.68. The van der Waals surface area contributed by atoms with E-state index >= 15 is 0 Å². The molecule has 1 N–H and O–H groups in total. The third-order valence-electron chi connectivity index (χ3n) is 5.82. The van der Waals surface area contributed by atoms with Gasteiger partial charge >= 0.3 is 6.09 Å². The van der Waals surface area contributed by atoms with E-state index in [1.807, 2.05) is 20.8 Å². The highest BCUT2D eigenvalue weighted by Crippen LogP contribution is 2.14. The van der Waals surface area contributed by atoms with Crippen molar-refractivity contribution in [2.24, 2.45) is 0 Å². The van der Waals surface area contributed by atoms with Crippen molar-refractivity contribution in [3.05, 3.63) is 72.9 Å². The van der Waals surface area contributed by atoms with Gasteiger partial charge in [0.2, 0.25) is 0 Å². The lowest BCUT2D eigenvalue weighted by molar-refractivity contribution is -0.0377. The Balaban J connectivity index is 2.03. The zero-order valence-corrected chi connectivity index (χ0v) is 23.9. The summed E-state index contributed by atoms with van der Waals surface area (Å²) in [5.74, 6) is 0. The summed E-state index contributed by atoms with van der Waals surface area (Å²) < 4.78 is 5.43. The van der Waals surface area contributed by atoms with Gasteiger partial charge in [0.05, 0.1) is 0 Å². The first kappa shape index (κ1) is 32.7. The van der Waals surface area contributed by atoms with Gasteiger partial charge in [-0.1, -0.05) is 79.8 Å². The summed E-state index contributed by atoms with van der Waals surface area (Å²) in [4.78, 5) is 15.9. The molecule has 0 aliphatic carbocycles. The Bertz CT molecular complexity index is 763. The third kappa shape index (κ3) is 18.5. The van der Waals surface area contributed by atoms with E-state index in [2.05, 4.69) is 84.7 Å². The highest BCUT2D eigenvalue weighted by Gasteiger charge is 2.27. The maximum absolute atomic E-state index is 12.2. The molecule has 1 atom stereocenters. The summed E-state index contributed by atoms with van der Waals surface area (Å²) in [5, 5.41) is 10.5.